The van der Waals surface area contributed by atoms with Crippen molar-refractivity contribution in [2.45, 2.75) is 52.4 Å². The number of aromatic nitrogens is 3. The Labute approximate surface area is 272 Å². The normalized spacial score (nSPS) is 11.6. The molecule has 0 bridgehead atoms. The second-order valence-corrected chi connectivity index (χ2v) is 11.9. The van der Waals surface area contributed by atoms with Crippen LogP contribution < -0.4 is 18.5 Å². The predicted octanol–water partition coefficient (Wildman–Crippen LogP) is 8.27. The Kier molecular flexibility index (Phi) is 10.7. The third-order valence-corrected chi connectivity index (χ3v) is 8.28. The van der Waals surface area contributed by atoms with E-state index in [9.17, 15) is 9.00 Å². The van der Waals surface area contributed by atoms with E-state index >= 15 is 0 Å². The van der Waals surface area contributed by atoms with E-state index in [0.29, 0.717) is 46.5 Å². The van der Waals surface area contributed by atoms with Crippen LogP contribution in [0.2, 0.25) is 0 Å². The monoisotopic (exact) mass is 638 g/mol. The molecular formula is C35H38N6O4S. The average molecular weight is 639 g/mol. The van der Waals surface area contributed by atoms with Gasteiger partial charge in [-0.3, -0.25) is 19.1 Å². The Morgan fingerprint density at radius 1 is 1.02 bits per heavy atom. The van der Waals surface area contributed by atoms with Crippen molar-refractivity contribution in [2.24, 2.45) is 0 Å². The fourth-order valence-corrected chi connectivity index (χ4v) is 5.73. The number of nitrogens with zero attached hydrogens (tertiary/aromatic N) is 4. The van der Waals surface area contributed by atoms with Crippen LogP contribution in [0.1, 0.15) is 61.4 Å². The number of para-hydroxylation sites is 1. The van der Waals surface area contributed by atoms with E-state index in [-0.39, 0.29) is 17.2 Å². The van der Waals surface area contributed by atoms with Gasteiger partial charge in [0.25, 0.3) is 5.91 Å². The number of hydrogen-bond donors (Lipinski definition) is 2. The summed E-state index contributed by atoms with van der Waals surface area (Å²) < 4.78 is 29.3. The van der Waals surface area contributed by atoms with Crippen LogP contribution in [0, 0.1) is 13.5 Å². The number of benzene rings is 3. The molecule has 0 spiro atoms. The summed E-state index contributed by atoms with van der Waals surface area (Å²) in [7, 11) is 1.67. The number of aromatic amines is 1. The zero-order chi connectivity index (χ0) is 32.5. The topological polar surface area (TPSA) is 105 Å². The molecule has 5 aromatic rings. The van der Waals surface area contributed by atoms with Crippen molar-refractivity contribution in [1.82, 2.24) is 14.6 Å². The molecule has 2 N–H and O–H groups in total. The van der Waals surface area contributed by atoms with Gasteiger partial charge in [-0.15, -0.1) is 0 Å². The summed E-state index contributed by atoms with van der Waals surface area (Å²) in [6, 6.07) is 22.0. The first-order chi connectivity index (χ1) is 22.4. The lowest BCUT2D eigenvalue weighted by atomic mass is 10.1. The summed E-state index contributed by atoms with van der Waals surface area (Å²) in [5.74, 6) is 1.09. The number of unbranched alkanes of at least 4 members (excludes halogenated alkanes) is 5. The highest BCUT2D eigenvalue weighted by Gasteiger charge is 2.25. The second-order valence-electron chi connectivity index (χ2n) is 11.0. The summed E-state index contributed by atoms with van der Waals surface area (Å²) in [6.07, 6.45) is 8.54. The van der Waals surface area contributed by atoms with E-state index in [1.165, 1.54) is 30.6 Å². The van der Waals surface area contributed by atoms with E-state index in [0.717, 1.165) is 18.4 Å². The molecule has 0 aliphatic carbocycles. The molecule has 0 radical (unpaired) electrons. The number of hydrogen-bond acceptors (Lipinski definition) is 5. The minimum atomic E-state index is -1.91. The summed E-state index contributed by atoms with van der Waals surface area (Å²) in [4.78, 5) is 23.2. The Bertz CT molecular complexity index is 1860. The molecule has 0 aliphatic rings. The first kappa shape index (κ1) is 32.3. The molecule has 0 aliphatic heterocycles. The number of H-pyrrole nitrogens is 1. The van der Waals surface area contributed by atoms with Gasteiger partial charge in [-0.25, -0.2) is 9.83 Å². The van der Waals surface area contributed by atoms with Crippen LogP contribution in [-0.2, 0) is 11.3 Å². The zero-order valence-corrected chi connectivity index (χ0v) is 27.1. The molecule has 5 rings (SSSR count). The zero-order valence-electron chi connectivity index (χ0n) is 26.3. The maximum absolute atomic E-state index is 13.5. The van der Waals surface area contributed by atoms with Gasteiger partial charge < -0.3 is 13.8 Å². The molecule has 2 heterocycles. The van der Waals surface area contributed by atoms with Crippen LogP contribution in [-0.4, -0.2) is 38.4 Å². The van der Waals surface area contributed by atoms with Gasteiger partial charge in [0.15, 0.2) is 23.0 Å². The Morgan fingerprint density at radius 3 is 2.59 bits per heavy atom. The van der Waals surface area contributed by atoms with Crippen molar-refractivity contribution >= 4 is 39.9 Å². The van der Waals surface area contributed by atoms with Crippen molar-refractivity contribution in [1.29, 1.82) is 0 Å². The number of carbonyl (C=O) groups excluding carboxylic acids is 1. The number of nitrogens with one attached hydrogen (secondary N) is 2. The van der Waals surface area contributed by atoms with Crippen LogP contribution in [0.15, 0.2) is 79.0 Å². The van der Waals surface area contributed by atoms with Gasteiger partial charge in [-0.05, 0) is 55.3 Å². The SMILES string of the molecule is [C-]#[N+]c1cn2[nH]c(-c3cccc(NS(=O)Oc4cc(C)ccc4OCCCCCCCC)c3)nc2c1C(=O)N(C)c1ccccc1. The average Bonchev–Trinajstić information content (AvgIpc) is 3.63. The van der Waals surface area contributed by atoms with Crippen LogP contribution in [0.4, 0.5) is 17.1 Å². The molecule has 1 atom stereocenters. The molecule has 10 nitrogen and oxygen atoms in total. The van der Waals surface area contributed by atoms with Gasteiger partial charge >= 0.3 is 11.3 Å². The summed E-state index contributed by atoms with van der Waals surface area (Å²) in [5, 5.41) is 3.15. The lowest BCUT2D eigenvalue weighted by molar-refractivity contribution is 0.0995. The Hall–Kier alpha value is -5.08. The minimum absolute atomic E-state index is 0.201. The molecule has 46 heavy (non-hydrogen) atoms. The molecule has 1 amide bonds. The highest BCUT2D eigenvalue weighted by Crippen LogP contribution is 2.32. The van der Waals surface area contributed by atoms with Crippen molar-refractivity contribution in [3.05, 3.63) is 102 Å². The van der Waals surface area contributed by atoms with Crippen molar-refractivity contribution in [2.75, 3.05) is 23.3 Å². The highest BCUT2D eigenvalue weighted by atomic mass is 32.2. The maximum Gasteiger partial charge on any atom is 0.316 e. The fourth-order valence-electron chi connectivity index (χ4n) is 5.07. The summed E-state index contributed by atoms with van der Waals surface area (Å²) in [5.41, 5.74) is 3.64. The molecule has 238 valence electrons. The van der Waals surface area contributed by atoms with E-state index in [1.54, 1.807) is 36.0 Å². The molecule has 3 aromatic carbocycles. The molecule has 1 unspecified atom stereocenters. The van der Waals surface area contributed by atoms with Gasteiger partial charge in [-0.2, -0.15) is 4.21 Å². The van der Waals surface area contributed by atoms with Crippen LogP contribution >= 0.6 is 0 Å². The third kappa shape index (κ3) is 7.76. The standard InChI is InChI=1S/C35H38N6O4S/c1-5-6-7-8-9-13-21-44-30-20-19-25(2)22-31(30)45-46(43)39-27-16-14-15-26(23-27)33-37-34-32(29(36-3)24-41(34)38-33)35(42)40(4)28-17-11-10-12-18-28/h10-12,14-20,22-24,39H,5-9,13,21H2,1-2,4H3,(H,37,38). The van der Waals surface area contributed by atoms with Gasteiger partial charge in [0, 0.05) is 24.5 Å². The van der Waals surface area contributed by atoms with Crippen LogP contribution in [0.5, 0.6) is 11.5 Å². The minimum Gasteiger partial charge on any atom is -0.490 e. The van der Waals surface area contributed by atoms with Crippen LogP contribution in [0.25, 0.3) is 21.9 Å². The third-order valence-electron chi connectivity index (χ3n) is 7.54. The fraction of sp³-hybridized carbons (Fsp3) is 0.286. The first-order valence-electron chi connectivity index (χ1n) is 15.4. The Morgan fingerprint density at radius 2 is 1.80 bits per heavy atom. The number of aryl methyl sites for hydroxylation is 1. The Balaban J connectivity index is 1.28. The highest BCUT2D eigenvalue weighted by molar-refractivity contribution is 7.82. The van der Waals surface area contributed by atoms with E-state index in [2.05, 4.69) is 26.6 Å². The van der Waals surface area contributed by atoms with E-state index < -0.39 is 11.3 Å². The molecule has 2 aromatic heterocycles. The number of fused-ring (bicyclic) bond motifs is 1. The number of ether oxygens (including phenoxy) is 1. The number of amides is 1. The smallest absolute Gasteiger partial charge is 0.316 e. The summed E-state index contributed by atoms with van der Waals surface area (Å²) >= 11 is -1.91. The van der Waals surface area contributed by atoms with Gasteiger partial charge in [0.2, 0.25) is 5.69 Å². The summed E-state index contributed by atoms with van der Waals surface area (Å²) in [6.45, 7) is 12.3. The molecule has 0 saturated heterocycles. The molecule has 0 fully saturated rings. The van der Waals surface area contributed by atoms with Crippen molar-refractivity contribution < 1.29 is 17.9 Å². The van der Waals surface area contributed by atoms with Gasteiger partial charge in [0.05, 0.1) is 24.4 Å². The second kappa shape index (κ2) is 15.3. The lowest BCUT2D eigenvalue weighted by Crippen LogP contribution is -2.26. The number of anilines is 2. The largest absolute Gasteiger partial charge is 0.490 e. The molecule has 11 heteroatoms. The van der Waals surface area contributed by atoms with Crippen molar-refractivity contribution in [3.63, 3.8) is 0 Å². The van der Waals surface area contributed by atoms with Crippen molar-refractivity contribution in [3.8, 4) is 22.9 Å². The van der Waals surface area contributed by atoms with Crippen LogP contribution in [0.3, 0.4) is 0 Å². The molecular weight excluding hydrogens is 600 g/mol. The van der Waals surface area contributed by atoms with Gasteiger partial charge in [0.1, 0.15) is 0 Å². The van der Waals surface area contributed by atoms with Gasteiger partial charge in [-0.1, -0.05) is 75.4 Å². The number of rotatable bonds is 15. The quantitative estimate of drug-likeness (QED) is 0.0887. The number of carbonyl (C=O) groups is 1. The van der Waals surface area contributed by atoms with E-state index in [4.69, 9.17) is 15.5 Å². The van der Waals surface area contributed by atoms with E-state index in [1.807, 2.05) is 61.5 Å². The lowest BCUT2D eigenvalue weighted by Gasteiger charge is -2.16. The maximum atomic E-state index is 13.5. The molecule has 0 saturated carbocycles. The predicted molar refractivity (Wildman–Crippen MR) is 183 cm³/mol. The first-order valence-corrected chi connectivity index (χ1v) is 16.5.